The number of carbonyl (C=O) groups excluding carboxylic acids is 3. The largest absolute Gasteiger partial charge is 0.478 e. The Morgan fingerprint density at radius 2 is 1.78 bits per heavy atom. The van der Waals surface area contributed by atoms with Crippen LogP contribution in [0.5, 0.6) is 5.75 Å². The molecule has 2 aromatic carbocycles. The molecule has 2 saturated heterocycles. The summed E-state index contributed by atoms with van der Waals surface area (Å²) in [6, 6.07) is 15.3. The van der Waals surface area contributed by atoms with Crippen molar-refractivity contribution in [2.24, 2.45) is 13.0 Å². The molecule has 0 saturated carbocycles. The van der Waals surface area contributed by atoms with Crippen molar-refractivity contribution in [3.63, 3.8) is 0 Å². The Morgan fingerprint density at radius 1 is 1.02 bits per heavy atom. The number of benzene rings is 2. The standard InChI is InChI=1S/C36H42N8O5/c1-22-20-39-36(42-33(22)40-27-8-10-29-25(18-27)19-30(35(48)43(29)3)49-21-32(46)37-2)44-16-13-23(14-17-44)12-15-38-26-6-4-24(5-7-26)28-9-11-31(45)41-34(28)47/h4-8,10,18-20,23,28,38H,9,11-17,21H2,1-3H3,(H,37,46)(H,39,40,42)(H,41,45,47)/t28-/m1/s1. The van der Waals surface area contributed by atoms with Crippen LogP contribution >= 0.6 is 0 Å². The lowest BCUT2D eigenvalue weighted by Crippen LogP contribution is -2.39. The van der Waals surface area contributed by atoms with E-state index in [1.165, 1.54) is 11.6 Å². The number of carbonyl (C=O) groups is 3. The number of hydrogen-bond acceptors (Lipinski definition) is 10. The predicted octanol–water partition coefficient (Wildman–Crippen LogP) is 3.74. The number of aromatic nitrogens is 3. The van der Waals surface area contributed by atoms with Gasteiger partial charge in [-0.05, 0) is 80.5 Å². The molecule has 2 fully saturated rings. The molecule has 4 N–H and O–H groups in total. The van der Waals surface area contributed by atoms with E-state index in [1.54, 1.807) is 13.1 Å². The van der Waals surface area contributed by atoms with Crippen molar-refractivity contribution in [1.29, 1.82) is 0 Å². The van der Waals surface area contributed by atoms with Gasteiger partial charge >= 0.3 is 0 Å². The smallest absolute Gasteiger partial charge is 0.293 e. The fraction of sp³-hybridized carbons (Fsp3) is 0.389. The van der Waals surface area contributed by atoms with Gasteiger partial charge in [-0.1, -0.05) is 12.1 Å². The molecule has 4 aromatic rings. The van der Waals surface area contributed by atoms with Gasteiger partial charge in [-0.25, -0.2) is 4.98 Å². The summed E-state index contributed by atoms with van der Waals surface area (Å²) in [6.07, 6.45) is 5.91. The second-order valence-corrected chi connectivity index (χ2v) is 12.7. The molecule has 3 amide bonds. The molecule has 2 aliphatic heterocycles. The topological polar surface area (TPSA) is 160 Å². The van der Waals surface area contributed by atoms with Crippen molar-refractivity contribution >= 4 is 51.8 Å². The molecule has 2 aliphatic rings. The number of imide groups is 1. The average Bonchev–Trinajstić information content (AvgIpc) is 3.10. The number of likely N-dealkylation sites (N-methyl/N-ethyl adjacent to an activating group) is 1. The third kappa shape index (κ3) is 7.82. The Morgan fingerprint density at radius 3 is 2.51 bits per heavy atom. The van der Waals surface area contributed by atoms with Gasteiger partial charge in [0.05, 0.1) is 11.4 Å². The molecule has 0 radical (unpaired) electrons. The van der Waals surface area contributed by atoms with E-state index < -0.39 is 0 Å². The third-order valence-corrected chi connectivity index (χ3v) is 9.38. The van der Waals surface area contributed by atoms with Crippen molar-refractivity contribution < 1.29 is 19.1 Å². The number of aryl methyl sites for hydroxylation is 2. The molecule has 256 valence electrons. The van der Waals surface area contributed by atoms with Crippen molar-refractivity contribution in [1.82, 2.24) is 25.2 Å². The van der Waals surface area contributed by atoms with Gasteiger partial charge in [-0.15, -0.1) is 0 Å². The second kappa shape index (κ2) is 14.8. The summed E-state index contributed by atoms with van der Waals surface area (Å²) in [4.78, 5) is 59.8. The first-order valence-electron chi connectivity index (χ1n) is 16.7. The van der Waals surface area contributed by atoms with Crippen LogP contribution in [-0.2, 0) is 21.4 Å². The fourth-order valence-electron chi connectivity index (χ4n) is 6.39. The molecule has 0 spiro atoms. The highest BCUT2D eigenvalue weighted by Crippen LogP contribution is 2.29. The number of pyridine rings is 1. The normalized spacial score (nSPS) is 16.7. The number of anilines is 4. The lowest BCUT2D eigenvalue weighted by atomic mass is 9.90. The summed E-state index contributed by atoms with van der Waals surface area (Å²) in [6.45, 7) is 4.33. The Balaban J connectivity index is 1.02. The number of rotatable bonds is 11. The summed E-state index contributed by atoms with van der Waals surface area (Å²) >= 11 is 0. The first kappa shape index (κ1) is 33.4. The first-order valence-corrected chi connectivity index (χ1v) is 16.7. The molecule has 6 rings (SSSR count). The maximum absolute atomic E-state index is 12.7. The molecule has 0 bridgehead atoms. The monoisotopic (exact) mass is 666 g/mol. The van der Waals surface area contributed by atoms with Gasteiger partial charge in [0.2, 0.25) is 17.8 Å². The van der Waals surface area contributed by atoms with Crippen LogP contribution in [-0.4, -0.2) is 65.5 Å². The molecule has 2 aromatic heterocycles. The quantitative estimate of drug-likeness (QED) is 0.174. The van der Waals surface area contributed by atoms with Gasteiger partial charge in [0, 0.05) is 68.7 Å². The number of ether oxygens (including phenoxy) is 1. The summed E-state index contributed by atoms with van der Waals surface area (Å²) in [5, 5.41) is 12.6. The Hall–Kier alpha value is -5.46. The number of nitrogens with zero attached hydrogens (tertiary/aromatic N) is 4. The molecule has 13 nitrogen and oxygen atoms in total. The number of amides is 3. The van der Waals surface area contributed by atoms with Crippen LogP contribution in [0.15, 0.2) is 59.5 Å². The van der Waals surface area contributed by atoms with E-state index in [0.717, 1.165) is 72.3 Å². The van der Waals surface area contributed by atoms with Gasteiger partial charge < -0.3 is 30.2 Å². The molecule has 49 heavy (non-hydrogen) atoms. The SMILES string of the molecule is CNC(=O)COc1cc2cc(Nc3nc(N4CCC(CCNc5ccc([C@H]6CCC(=O)NC6=O)cc5)CC4)ncc3C)ccc2n(C)c1=O. The van der Waals surface area contributed by atoms with Crippen molar-refractivity contribution in [3.05, 3.63) is 76.2 Å². The number of nitrogens with one attached hydrogen (secondary N) is 4. The van der Waals surface area contributed by atoms with Gasteiger partial charge in [0.25, 0.3) is 11.5 Å². The summed E-state index contributed by atoms with van der Waals surface area (Å²) in [5.41, 5.74) is 4.09. The highest BCUT2D eigenvalue weighted by Gasteiger charge is 2.28. The van der Waals surface area contributed by atoms with E-state index in [1.807, 2.05) is 55.6 Å². The molecule has 1 atom stereocenters. The zero-order chi connectivity index (χ0) is 34.5. The second-order valence-electron chi connectivity index (χ2n) is 12.7. The van der Waals surface area contributed by atoms with Crippen molar-refractivity contribution in [2.75, 3.05) is 48.8 Å². The van der Waals surface area contributed by atoms with Crippen LogP contribution < -0.4 is 36.5 Å². The fourth-order valence-corrected chi connectivity index (χ4v) is 6.39. The van der Waals surface area contributed by atoms with Crippen LogP contribution in [0, 0.1) is 12.8 Å². The van der Waals surface area contributed by atoms with Gasteiger partial charge in [0.15, 0.2) is 12.4 Å². The van der Waals surface area contributed by atoms with Crippen molar-refractivity contribution in [3.8, 4) is 5.75 Å². The van der Waals surface area contributed by atoms with Crippen LogP contribution in [0.25, 0.3) is 10.9 Å². The lowest BCUT2D eigenvalue weighted by Gasteiger charge is -2.32. The van der Waals surface area contributed by atoms with Gasteiger partial charge in [-0.3, -0.25) is 24.5 Å². The number of hydrogen-bond donors (Lipinski definition) is 4. The van der Waals surface area contributed by atoms with Crippen LogP contribution in [0.3, 0.4) is 0 Å². The predicted molar refractivity (Wildman–Crippen MR) is 188 cm³/mol. The number of fused-ring (bicyclic) bond motifs is 1. The van der Waals surface area contributed by atoms with Gasteiger partial charge in [0.1, 0.15) is 5.82 Å². The lowest BCUT2D eigenvalue weighted by molar-refractivity contribution is -0.134. The van der Waals surface area contributed by atoms with Crippen LogP contribution in [0.4, 0.5) is 23.1 Å². The van der Waals surface area contributed by atoms with E-state index in [2.05, 4.69) is 31.2 Å². The van der Waals surface area contributed by atoms with E-state index in [4.69, 9.17) is 9.72 Å². The van der Waals surface area contributed by atoms with E-state index in [0.29, 0.717) is 30.5 Å². The zero-order valence-electron chi connectivity index (χ0n) is 28.0. The molecular weight excluding hydrogens is 624 g/mol. The first-order chi connectivity index (χ1) is 23.7. The highest BCUT2D eigenvalue weighted by molar-refractivity contribution is 6.01. The van der Waals surface area contributed by atoms with E-state index in [9.17, 15) is 19.2 Å². The molecule has 0 aliphatic carbocycles. The summed E-state index contributed by atoms with van der Waals surface area (Å²) in [7, 11) is 3.19. The number of piperidine rings is 2. The third-order valence-electron chi connectivity index (χ3n) is 9.38. The average molecular weight is 667 g/mol. The molecule has 0 unspecified atom stereocenters. The minimum absolute atomic E-state index is 0.108. The van der Waals surface area contributed by atoms with Crippen LogP contribution in [0.2, 0.25) is 0 Å². The van der Waals surface area contributed by atoms with E-state index >= 15 is 0 Å². The Kier molecular flexibility index (Phi) is 10.1. The summed E-state index contributed by atoms with van der Waals surface area (Å²) in [5.74, 6) is 1.10. The van der Waals surface area contributed by atoms with Gasteiger partial charge in [-0.2, -0.15) is 4.98 Å². The zero-order valence-corrected chi connectivity index (χ0v) is 28.0. The maximum Gasteiger partial charge on any atom is 0.293 e. The van der Waals surface area contributed by atoms with Crippen molar-refractivity contribution in [2.45, 2.75) is 44.9 Å². The molecular formula is C36H42N8O5. The minimum atomic E-state index is -0.318. The minimum Gasteiger partial charge on any atom is -0.478 e. The molecule has 13 heteroatoms. The Bertz CT molecular complexity index is 1920. The molecule has 4 heterocycles. The maximum atomic E-state index is 12.7. The highest BCUT2D eigenvalue weighted by atomic mass is 16.5. The summed E-state index contributed by atoms with van der Waals surface area (Å²) < 4.78 is 7.01. The van der Waals surface area contributed by atoms with E-state index in [-0.39, 0.29) is 41.6 Å². The Labute approximate surface area is 284 Å². The van der Waals surface area contributed by atoms with Crippen LogP contribution in [0.1, 0.15) is 49.1 Å².